The summed E-state index contributed by atoms with van der Waals surface area (Å²) in [5, 5.41) is 20.6. The number of benzene rings is 2. The predicted molar refractivity (Wildman–Crippen MR) is 81.7 cm³/mol. The van der Waals surface area contributed by atoms with Crippen LogP contribution in [0.5, 0.6) is 11.5 Å². The van der Waals surface area contributed by atoms with Crippen LogP contribution in [0.2, 0.25) is 0 Å². The zero-order valence-electron chi connectivity index (χ0n) is 12.2. The van der Waals surface area contributed by atoms with Gasteiger partial charge in [0.15, 0.2) is 11.6 Å². The van der Waals surface area contributed by atoms with Crippen LogP contribution in [0.3, 0.4) is 0 Å². The fourth-order valence-electron chi connectivity index (χ4n) is 2.87. The van der Waals surface area contributed by atoms with Gasteiger partial charge in [-0.3, -0.25) is 9.59 Å². The lowest BCUT2D eigenvalue weighted by Gasteiger charge is -2.21. The average Bonchev–Trinajstić information content (AvgIpc) is 2.53. The van der Waals surface area contributed by atoms with E-state index < -0.39 is 11.6 Å². The van der Waals surface area contributed by atoms with Crippen LogP contribution >= 0.6 is 0 Å². The maximum Gasteiger partial charge on any atom is 0.198 e. The van der Waals surface area contributed by atoms with Crippen LogP contribution in [0, 0.1) is 0 Å². The minimum atomic E-state index is -0.431. The molecular formula is C18H16O4. The molecule has 0 atom stereocenters. The minimum Gasteiger partial charge on any atom is -0.507 e. The van der Waals surface area contributed by atoms with Crippen LogP contribution < -0.4 is 0 Å². The molecule has 1 aliphatic rings. The molecule has 0 bridgehead atoms. The van der Waals surface area contributed by atoms with Crippen LogP contribution in [0.1, 0.15) is 57.2 Å². The van der Waals surface area contributed by atoms with Crippen molar-refractivity contribution in [2.75, 3.05) is 0 Å². The van der Waals surface area contributed by atoms with Gasteiger partial charge < -0.3 is 10.2 Å². The van der Waals surface area contributed by atoms with E-state index in [9.17, 15) is 19.8 Å². The molecule has 0 aromatic heterocycles. The van der Waals surface area contributed by atoms with E-state index in [1.54, 1.807) is 24.3 Å². The van der Waals surface area contributed by atoms with Gasteiger partial charge in [-0.05, 0) is 24.5 Å². The van der Waals surface area contributed by atoms with Gasteiger partial charge in [0.1, 0.15) is 11.5 Å². The Labute approximate surface area is 128 Å². The molecule has 22 heavy (non-hydrogen) atoms. The highest BCUT2D eigenvalue weighted by Gasteiger charge is 2.35. The minimum absolute atomic E-state index is 0.0743. The molecule has 0 heterocycles. The van der Waals surface area contributed by atoms with Gasteiger partial charge >= 0.3 is 0 Å². The number of carbonyl (C=O) groups is 2. The lowest BCUT2D eigenvalue weighted by molar-refractivity contribution is 0.0974. The molecule has 2 N–H and O–H groups in total. The average molecular weight is 296 g/mol. The number of hydrogen-bond donors (Lipinski definition) is 2. The maximum absolute atomic E-state index is 12.6. The van der Waals surface area contributed by atoms with Crippen molar-refractivity contribution < 1.29 is 19.8 Å². The number of hydrogen-bond acceptors (Lipinski definition) is 4. The standard InChI is InChI=1S/C18H16O4/c1-2-3-6-10-9-13(19)14-15(16(10)20)18(22)12-8-5-4-7-11(12)17(14)21/h4-5,7-9,19-20H,2-3,6H2,1H3. The van der Waals surface area contributed by atoms with Crippen molar-refractivity contribution in [1.29, 1.82) is 0 Å². The molecule has 112 valence electrons. The number of carbonyl (C=O) groups excluding carboxylic acids is 2. The fourth-order valence-corrected chi connectivity index (χ4v) is 2.87. The Kier molecular flexibility index (Phi) is 3.45. The second-order valence-corrected chi connectivity index (χ2v) is 5.46. The lowest BCUT2D eigenvalue weighted by Crippen LogP contribution is -2.21. The van der Waals surface area contributed by atoms with Crippen molar-refractivity contribution in [2.24, 2.45) is 0 Å². The number of ketones is 2. The summed E-state index contributed by atoms with van der Waals surface area (Å²) in [7, 11) is 0. The topological polar surface area (TPSA) is 74.6 Å². The summed E-state index contributed by atoms with van der Waals surface area (Å²) >= 11 is 0. The van der Waals surface area contributed by atoms with E-state index >= 15 is 0 Å². The van der Waals surface area contributed by atoms with Gasteiger partial charge in [0.2, 0.25) is 0 Å². The number of fused-ring (bicyclic) bond motifs is 2. The van der Waals surface area contributed by atoms with E-state index in [-0.39, 0.29) is 33.8 Å². The Balaban J connectivity index is 2.24. The van der Waals surface area contributed by atoms with Gasteiger partial charge in [0.25, 0.3) is 0 Å². The second-order valence-electron chi connectivity index (χ2n) is 5.46. The third kappa shape index (κ3) is 1.99. The molecule has 0 saturated heterocycles. The Bertz CT molecular complexity index is 790. The SMILES string of the molecule is CCCCc1cc(O)c2c(c1O)C(=O)c1ccccc1C2=O. The number of unbranched alkanes of at least 4 members (excludes halogenated alkanes) is 1. The first kappa shape index (κ1) is 14.3. The molecule has 0 unspecified atom stereocenters. The number of phenols is 2. The quantitative estimate of drug-likeness (QED) is 0.728. The van der Waals surface area contributed by atoms with E-state index in [1.807, 2.05) is 6.92 Å². The largest absolute Gasteiger partial charge is 0.507 e. The van der Waals surface area contributed by atoms with Crippen molar-refractivity contribution in [1.82, 2.24) is 0 Å². The number of aryl methyl sites for hydroxylation is 1. The van der Waals surface area contributed by atoms with Gasteiger partial charge in [-0.1, -0.05) is 37.6 Å². The number of aromatic hydroxyl groups is 2. The predicted octanol–water partition coefficient (Wildman–Crippen LogP) is 3.22. The van der Waals surface area contributed by atoms with E-state index in [1.165, 1.54) is 6.07 Å². The van der Waals surface area contributed by atoms with Crippen molar-refractivity contribution in [3.8, 4) is 11.5 Å². The summed E-state index contributed by atoms with van der Waals surface area (Å²) < 4.78 is 0. The van der Waals surface area contributed by atoms with Crippen LogP contribution in [0.4, 0.5) is 0 Å². The first-order chi connectivity index (χ1) is 10.6. The molecule has 2 aromatic carbocycles. The molecule has 0 fully saturated rings. The van der Waals surface area contributed by atoms with Gasteiger partial charge in [-0.2, -0.15) is 0 Å². The normalized spacial score (nSPS) is 13.0. The summed E-state index contributed by atoms with van der Waals surface area (Å²) in [5.41, 5.74) is 0.855. The van der Waals surface area contributed by atoms with Crippen LogP contribution in [0.25, 0.3) is 0 Å². The summed E-state index contributed by atoms with van der Waals surface area (Å²) in [6.07, 6.45) is 2.30. The van der Waals surface area contributed by atoms with Crippen molar-refractivity contribution >= 4 is 11.6 Å². The molecule has 0 saturated carbocycles. The summed E-state index contributed by atoms with van der Waals surface area (Å²) in [5.74, 6) is -1.28. The third-order valence-electron chi connectivity index (χ3n) is 4.03. The second kappa shape index (κ2) is 5.30. The summed E-state index contributed by atoms with van der Waals surface area (Å²) in [4.78, 5) is 25.2. The number of rotatable bonds is 3. The van der Waals surface area contributed by atoms with E-state index in [0.717, 1.165) is 12.8 Å². The van der Waals surface area contributed by atoms with Crippen LogP contribution in [-0.2, 0) is 6.42 Å². The fraction of sp³-hybridized carbons (Fsp3) is 0.222. The molecule has 0 aliphatic heterocycles. The highest BCUT2D eigenvalue weighted by Crippen LogP contribution is 2.40. The highest BCUT2D eigenvalue weighted by molar-refractivity contribution is 6.30. The van der Waals surface area contributed by atoms with E-state index in [0.29, 0.717) is 12.0 Å². The zero-order chi connectivity index (χ0) is 15.9. The monoisotopic (exact) mass is 296 g/mol. The van der Waals surface area contributed by atoms with E-state index in [2.05, 4.69) is 0 Å². The first-order valence-electron chi connectivity index (χ1n) is 7.32. The maximum atomic E-state index is 12.6. The smallest absolute Gasteiger partial charge is 0.198 e. The van der Waals surface area contributed by atoms with Crippen molar-refractivity contribution in [3.63, 3.8) is 0 Å². The molecule has 3 rings (SSSR count). The third-order valence-corrected chi connectivity index (χ3v) is 4.03. The highest BCUT2D eigenvalue weighted by atomic mass is 16.3. The van der Waals surface area contributed by atoms with Crippen molar-refractivity contribution in [2.45, 2.75) is 26.2 Å². The van der Waals surface area contributed by atoms with Crippen molar-refractivity contribution in [3.05, 3.63) is 58.1 Å². The Morgan fingerprint density at radius 3 is 2.14 bits per heavy atom. The van der Waals surface area contributed by atoms with E-state index in [4.69, 9.17) is 0 Å². The van der Waals surface area contributed by atoms with Gasteiger partial charge in [-0.25, -0.2) is 0 Å². The number of phenolic OH excluding ortho intramolecular Hbond substituents is 2. The molecule has 1 aliphatic carbocycles. The van der Waals surface area contributed by atoms with Gasteiger partial charge in [0, 0.05) is 11.1 Å². The van der Waals surface area contributed by atoms with Crippen LogP contribution in [-0.4, -0.2) is 21.8 Å². The molecule has 2 aromatic rings. The van der Waals surface area contributed by atoms with Gasteiger partial charge in [-0.15, -0.1) is 0 Å². The van der Waals surface area contributed by atoms with Crippen LogP contribution in [0.15, 0.2) is 30.3 Å². The molecular weight excluding hydrogens is 280 g/mol. The summed E-state index contributed by atoms with van der Waals surface area (Å²) in [6, 6.07) is 7.85. The Hall–Kier alpha value is -2.62. The summed E-state index contributed by atoms with van der Waals surface area (Å²) in [6.45, 7) is 2.01. The molecule has 0 amide bonds. The molecule has 4 heteroatoms. The lowest BCUT2D eigenvalue weighted by atomic mass is 9.81. The Morgan fingerprint density at radius 2 is 1.55 bits per heavy atom. The van der Waals surface area contributed by atoms with Gasteiger partial charge in [0.05, 0.1) is 11.1 Å². The Morgan fingerprint density at radius 1 is 0.955 bits per heavy atom. The zero-order valence-corrected chi connectivity index (χ0v) is 12.2. The molecule has 4 nitrogen and oxygen atoms in total. The first-order valence-corrected chi connectivity index (χ1v) is 7.32. The molecule has 0 radical (unpaired) electrons. The molecule has 0 spiro atoms.